The predicted octanol–water partition coefficient (Wildman–Crippen LogP) is 7.90. The number of ether oxygens (including phenoxy) is 10. The van der Waals surface area contributed by atoms with Crippen LogP contribution in [0.25, 0.3) is 0 Å². The average Bonchev–Trinajstić information content (AvgIpc) is 4.49. The molecule has 12 aliphatic rings. The van der Waals surface area contributed by atoms with Gasteiger partial charge in [-0.1, -0.05) is 41.5 Å². The van der Waals surface area contributed by atoms with Crippen LogP contribution in [0.2, 0.25) is 0 Å². The van der Waals surface area contributed by atoms with E-state index in [-0.39, 0.29) is 167 Å². The lowest BCUT2D eigenvalue weighted by Crippen LogP contribution is -2.47. The molecule has 8 saturated carbocycles. The molecule has 0 spiro atoms. The molecular weight excluding hydrogens is 1030 g/mol. The highest BCUT2D eigenvalue weighted by Crippen LogP contribution is 2.60. The van der Waals surface area contributed by atoms with Gasteiger partial charge in [0.25, 0.3) is 0 Å². The maximum Gasteiger partial charge on any atom is 0.311 e. The lowest BCUT2D eigenvalue weighted by atomic mass is 9.78. The SMILES string of the molecule is CCC(C)(C)C(=O)OC1CC2CC1C1C(=O)OCC21.CCC(C)C(=O)OC1CC2CC1C1C(=O)OCC21.CCOC1C2CC(C3COC(=O)C32)C1OC(=O)C(C)(C)CC.CCOC1C2CC(C3COC(=O)C32)C1OC(=O)C(C)CC. The number of cyclic esters (lactones) is 4. The molecule has 8 bridgehead atoms. The number of carbonyl (C=O) groups excluding carboxylic acids is 8. The van der Waals surface area contributed by atoms with Crippen LogP contribution in [-0.2, 0) is 85.7 Å². The summed E-state index contributed by atoms with van der Waals surface area (Å²) in [5.41, 5.74) is -0.919. The standard InChI is InChI=1S/C17H26O5.C16H24O5.C15H22O4.C14H20O4/c1-5-17(3,4)16(19)22-14-9-7-10(13(14)20-6-2)12-11(9)8-21-15(12)18;1-4-8(3)15(17)21-14-9-6-10(13(14)19-5-2)12-11(9)7-20-16(12)18;1-4-15(2,3)14(17)19-11-6-8-5-9(11)12-10(8)7-18-13(12)16;1-3-7(2)13(15)18-11-5-8-4-9(11)12-10(8)6-17-14(12)16/h9-14H,5-8H2,1-4H3;8-14H,4-7H2,1-3H3;8-12H,4-7H2,1-3H3;7-12H,3-6H2,1-2H3. The Morgan fingerprint density at radius 2 is 0.775 bits per heavy atom. The smallest absolute Gasteiger partial charge is 0.311 e. The summed E-state index contributed by atoms with van der Waals surface area (Å²) in [6.07, 6.45) is 7.87. The molecule has 0 radical (unpaired) electrons. The normalized spacial score (nSPS) is 41.0. The van der Waals surface area contributed by atoms with Crippen molar-refractivity contribution in [2.24, 2.45) is 117 Å². The second-order valence-corrected chi connectivity index (χ2v) is 26.8. The quantitative estimate of drug-likeness (QED) is 0.106. The Balaban J connectivity index is 0.000000129. The van der Waals surface area contributed by atoms with Gasteiger partial charge >= 0.3 is 47.8 Å². The van der Waals surface area contributed by atoms with Crippen molar-refractivity contribution in [2.45, 2.75) is 184 Å². The molecule has 4 saturated heterocycles. The van der Waals surface area contributed by atoms with Crippen molar-refractivity contribution in [3.05, 3.63) is 0 Å². The van der Waals surface area contributed by atoms with Gasteiger partial charge in [-0.25, -0.2) is 0 Å². The van der Waals surface area contributed by atoms with Crippen molar-refractivity contribution in [2.75, 3.05) is 39.6 Å². The van der Waals surface area contributed by atoms with Crippen molar-refractivity contribution in [3.63, 3.8) is 0 Å². The van der Waals surface area contributed by atoms with Crippen molar-refractivity contribution in [1.29, 1.82) is 0 Å². The van der Waals surface area contributed by atoms with E-state index in [1.54, 1.807) is 0 Å². The molecule has 80 heavy (non-hydrogen) atoms. The summed E-state index contributed by atoms with van der Waals surface area (Å²) in [6, 6.07) is 0. The highest BCUT2D eigenvalue weighted by molar-refractivity contribution is 5.80. The van der Waals surface area contributed by atoms with Gasteiger partial charge in [0, 0.05) is 72.4 Å². The van der Waals surface area contributed by atoms with E-state index in [2.05, 4.69) is 0 Å². The van der Waals surface area contributed by atoms with Crippen molar-refractivity contribution >= 4 is 47.8 Å². The van der Waals surface area contributed by atoms with Crippen LogP contribution in [0.5, 0.6) is 0 Å². The fraction of sp³-hybridized carbons (Fsp3) is 0.871. The van der Waals surface area contributed by atoms with E-state index in [4.69, 9.17) is 47.4 Å². The van der Waals surface area contributed by atoms with Gasteiger partial charge in [0.15, 0.2) is 0 Å². The zero-order valence-electron chi connectivity index (χ0n) is 49.5. The van der Waals surface area contributed by atoms with Crippen LogP contribution in [0.1, 0.15) is 147 Å². The summed E-state index contributed by atoms with van der Waals surface area (Å²) in [5, 5.41) is 0. The Kier molecular flexibility index (Phi) is 18.2. The molecule has 448 valence electrons. The Hall–Kier alpha value is -4.32. The third kappa shape index (κ3) is 11.0. The summed E-state index contributed by atoms with van der Waals surface area (Å²) >= 11 is 0. The molecule has 0 aromatic carbocycles. The molecule has 18 heteroatoms. The van der Waals surface area contributed by atoms with E-state index >= 15 is 0 Å². The molecule has 8 aliphatic carbocycles. The van der Waals surface area contributed by atoms with Gasteiger partial charge in [-0.3, -0.25) is 38.4 Å². The Morgan fingerprint density at radius 1 is 0.425 bits per heavy atom. The van der Waals surface area contributed by atoms with E-state index in [1.807, 2.05) is 83.1 Å². The fourth-order valence-electron chi connectivity index (χ4n) is 16.2. The molecule has 24 unspecified atom stereocenters. The number of esters is 8. The lowest BCUT2D eigenvalue weighted by Gasteiger charge is -2.36. The van der Waals surface area contributed by atoms with Crippen molar-refractivity contribution in [3.8, 4) is 0 Å². The Labute approximate surface area is 472 Å². The maximum atomic E-state index is 12.5. The molecule has 12 fully saturated rings. The second-order valence-electron chi connectivity index (χ2n) is 26.8. The number of fused-ring (bicyclic) bond motifs is 20. The van der Waals surface area contributed by atoms with Crippen LogP contribution in [0, 0.1) is 117 Å². The van der Waals surface area contributed by atoms with Gasteiger partial charge < -0.3 is 47.4 Å². The van der Waals surface area contributed by atoms with Gasteiger partial charge in [-0.15, -0.1) is 0 Å². The number of rotatable bonds is 16. The summed E-state index contributed by atoms with van der Waals surface area (Å²) in [4.78, 5) is 95.9. The molecule has 24 atom stereocenters. The fourth-order valence-corrected chi connectivity index (χ4v) is 16.2. The number of carbonyl (C=O) groups is 8. The average molecular weight is 1130 g/mol. The van der Waals surface area contributed by atoms with Crippen LogP contribution in [0.3, 0.4) is 0 Å². The summed E-state index contributed by atoms with van der Waals surface area (Å²) in [5.74, 6) is 2.10. The first kappa shape index (κ1) is 60.3. The van der Waals surface area contributed by atoms with E-state index in [9.17, 15) is 38.4 Å². The van der Waals surface area contributed by atoms with E-state index in [1.165, 1.54) is 0 Å². The third-order valence-corrected chi connectivity index (χ3v) is 22.0. The minimum atomic E-state index is -0.486. The molecule has 4 aliphatic heterocycles. The van der Waals surface area contributed by atoms with Gasteiger partial charge in [0.05, 0.1) is 85.0 Å². The van der Waals surface area contributed by atoms with E-state index in [0.29, 0.717) is 63.3 Å². The molecule has 0 aromatic heterocycles. The van der Waals surface area contributed by atoms with Crippen LogP contribution >= 0.6 is 0 Å². The lowest BCUT2D eigenvalue weighted by molar-refractivity contribution is -0.176. The molecule has 4 heterocycles. The predicted molar refractivity (Wildman–Crippen MR) is 285 cm³/mol. The van der Waals surface area contributed by atoms with E-state index < -0.39 is 10.8 Å². The molecule has 12 rings (SSSR count). The molecule has 0 amide bonds. The number of hydrogen-bond donors (Lipinski definition) is 0. The topological polar surface area (TPSA) is 229 Å². The third-order valence-electron chi connectivity index (χ3n) is 22.0. The highest BCUT2D eigenvalue weighted by atomic mass is 16.6. The van der Waals surface area contributed by atoms with Crippen molar-refractivity contribution in [1.82, 2.24) is 0 Å². The second kappa shape index (κ2) is 24.1. The minimum Gasteiger partial charge on any atom is -0.465 e. The van der Waals surface area contributed by atoms with Gasteiger partial charge in [-0.2, -0.15) is 0 Å². The summed E-state index contributed by atoms with van der Waals surface area (Å²) < 4.78 is 55.4. The Bertz CT molecular complexity index is 2330. The largest absolute Gasteiger partial charge is 0.465 e. The van der Waals surface area contributed by atoms with Crippen molar-refractivity contribution < 1.29 is 85.7 Å². The highest BCUT2D eigenvalue weighted by Gasteiger charge is 2.67. The Morgan fingerprint density at radius 3 is 1.16 bits per heavy atom. The van der Waals surface area contributed by atoms with Gasteiger partial charge in [-0.05, 0) is 118 Å². The van der Waals surface area contributed by atoms with Gasteiger partial charge in [0.1, 0.15) is 24.4 Å². The first-order valence-electron chi connectivity index (χ1n) is 30.8. The van der Waals surface area contributed by atoms with E-state index in [0.717, 1.165) is 64.2 Å². The first-order valence-corrected chi connectivity index (χ1v) is 30.8. The molecule has 18 nitrogen and oxygen atoms in total. The van der Waals surface area contributed by atoms with Gasteiger partial charge in [0.2, 0.25) is 0 Å². The van der Waals surface area contributed by atoms with Crippen LogP contribution in [-0.4, -0.2) is 124 Å². The maximum absolute atomic E-state index is 12.5. The van der Waals surface area contributed by atoms with Crippen LogP contribution in [0.4, 0.5) is 0 Å². The summed E-state index contributed by atoms with van der Waals surface area (Å²) in [6.45, 7) is 26.4. The number of hydrogen-bond acceptors (Lipinski definition) is 18. The molecule has 0 aromatic rings. The zero-order chi connectivity index (χ0) is 57.9. The molecular formula is C62H92O18. The summed E-state index contributed by atoms with van der Waals surface area (Å²) in [7, 11) is 0. The van der Waals surface area contributed by atoms with Crippen LogP contribution < -0.4 is 0 Å². The minimum absolute atomic E-state index is 0.00140. The monoisotopic (exact) mass is 1120 g/mol. The zero-order valence-corrected chi connectivity index (χ0v) is 49.5. The first-order chi connectivity index (χ1) is 38.0. The van der Waals surface area contributed by atoms with Crippen LogP contribution in [0.15, 0.2) is 0 Å². The molecule has 0 N–H and O–H groups in total.